The Hall–Kier alpha value is -3.06. The fourth-order valence-electron chi connectivity index (χ4n) is 3.15. The van der Waals surface area contributed by atoms with Gasteiger partial charge in [0, 0.05) is 12.1 Å². The van der Waals surface area contributed by atoms with Gasteiger partial charge in [0.15, 0.2) is 0 Å². The molecule has 26 heavy (non-hydrogen) atoms. The van der Waals surface area contributed by atoms with Crippen LogP contribution in [0.2, 0.25) is 0 Å². The van der Waals surface area contributed by atoms with Crippen molar-refractivity contribution >= 4 is 5.91 Å². The zero-order chi connectivity index (χ0) is 17.9. The number of morpholine rings is 1. The van der Waals surface area contributed by atoms with Crippen LogP contribution in [0.25, 0.3) is 5.69 Å². The lowest BCUT2D eigenvalue weighted by Gasteiger charge is -2.33. The SMILES string of the molecule is Cc1ccc(C(=O)N2CCOC(c3ccccc3)C2)cc1-n1cnnn1. The van der Waals surface area contributed by atoms with Gasteiger partial charge in [-0.15, -0.1) is 5.10 Å². The summed E-state index contributed by atoms with van der Waals surface area (Å²) in [6.07, 6.45) is 1.43. The van der Waals surface area contributed by atoms with Crippen molar-refractivity contribution in [3.63, 3.8) is 0 Å². The molecule has 2 heterocycles. The first-order chi connectivity index (χ1) is 12.7. The molecule has 1 saturated heterocycles. The van der Waals surface area contributed by atoms with E-state index in [2.05, 4.69) is 15.5 Å². The molecule has 0 N–H and O–H groups in total. The van der Waals surface area contributed by atoms with E-state index in [1.165, 1.54) is 6.33 Å². The van der Waals surface area contributed by atoms with Crippen molar-refractivity contribution in [2.45, 2.75) is 13.0 Å². The molecule has 1 unspecified atom stereocenters. The van der Waals surface area contributed by atoms with E-state index >= 15 is 0 Å². The lowest BCUT2D eigenvalue weighted by Crippen LogP contribution is -2.42. The number of hydrogen-bond donors (Lipinski definition) is 0. The fraction of sp³-hybridized carbons (Fsp3) is 0.263. The molecule has 1 aliphatic rings. The minimum absolute atomic E-state index is 0.0106. The highest BCUT2D eigenvalue weighted by Crippen LogP contribution is 2.24. The molecule has 3 aromatic rings. The molecule has 1 fully saturated rings. The van der Waals surface area contributed by atoms with Crippen LogP contribution in [0.5, 0.6) is 0 Å². The molecule has 7 heteroatoms. The summed E-state index contributed by atoms with van der Waals surface area (Å²) in [4.78, 5) is 14.9. The maximum Gasteiger partial charge on any atom is 0.254 e. The van der Waals surface area contributed by atoms with Crippen molar-refractivity contribution in [3.05, 3.63) is 71.5 Å². The highest BCUT2D eigenvalue weighted by molar-refractivity contribution is 5.95. The molecular weight excluding hydrogens is 330 g/mol. The Morgan fingerprint density at radius 3 is 2.81 bits per heavy atom. The zero-order valence-corrected chi connectivity index (χ0v) is 14.4. The number of hydrogen-bond acceptors (Lipinski definition) is 5. The summed E-state index contributed by atoms with van der Waals surface area (Å²) < 4.78 is 7.43. The second-order valence-corrected chi connectivity index (χ2v) is 6.28. The van der Waals surface area contributed by atoms with Gasteiger partial charge in [0.2, 0.25) is 0 Å². The Kier molecular flexibility index (Phi) is 4.45. The highest BCUT2D eigenvalue weighted by Gasteiger charge is 2.26. The monoisotopic (exact) mass is 349 g/mol. The van der Waals surface area contributed by atoms with Gasteiger partial charge >= 0.3 is 0 Å². The van der Waals surface area contributed by atoms with E-state index in [1.807, 2.05) is 60.4 Å². The number of aryl methyl sites for hydroxylation is 1. The van der Waals surface area contributed by atoms with Gasteiger partial charge in [-0.3, -0.25) is 4.79 Å². The predicted molar refractivity (Wildman–Crippen MR) is 94.9 cm³/mol. The molecule has 132 valence electrons. The number of amides is 1. The van der Waals surface area contributed by atoms with E-state index in [9.17, 15) is 4.79 Å². The minimum Gasteiger partial charge on any atom is -0.370 e. The standard InChI is InChI=1S/C19H19N5O2/c1-14-7-8-16(11-17(14)24-13-20-21-22-24)19(25)23-9-10-26-18(12-23)15-5-3-2-4-6-15/h2-8,11,13,18H,9-10,12H2,1H3. The van der Waals surface area contributed by atoms with Crippen LogP contribution in [0.1, 0.15) is 27.6 Å². The molecule has 0 spiro atoms. The number of carbonyl (C=O) groups is 1. The van der Waals surface area contributed by atoms with Gasteiger partial charge in [-0.25, -0.2) is 4.68 Å². The summed E-state index contributed by atoms with van der Waals surface area (Å²) in [5.41, 5.74) is 3.50. The lowest BCUT2D eigenvalue weighted by atomic mass is 10.1. The van der Waals surface area contributed by atoms with Crippen LogP contribution in [0.15, 0.2) is 54.9 Å². The van der Waals surface area contributed by atoms with Crippen molar-refractivity contribution < 1.29 is 9.53 Å². The fourth-order valence-corrected chi connectivity index (χ4v) is 3.15. The topological polar surface area (TPSA) is 73.1 Å². The smallest absolute Gasteiger partial charge is 0.254 e. The van der Waals surface area contributed by atoms with Gasteiger partial charge in [-0.2, -0.15) is 0 Å². The largest absolute Gasteiger partial charge is 0.370 e. The molecule has 0 aliphatic carbocycles. The van der Waals surface area contributed by atoms with Crippen molar-refractivity contribution in [3.8, 4) is 5.69 Å². The van der Waals surface area contributed by atoms with Crippen molar-refractivity contribution in [1.82, 2.24) is 25.1 Å². The van der Waals surface area contributed by atoms with E-state index in [-0.39, 0.29) is 12.0 Å². The average molecular weight is 349 g/mol. The van der Waals surface area contributed by atoms with Crippen molar-refractivity contribution in [2.24, 2.45) is 0 Å². The van der Waals surface area contributed by atoms with Gasteiger partial charge in [0.1, 0.15) is 12.4 Å². The number of rotatable bonds is 3. The summed E-state index contributed by atoms with van der Waals surface area (Å²) in [5.74, 6) is -0.0106. The third-order valence-electron chi connectivity index (χ3n) is 4.58. The van der Waals surface area contributed by atoms with Crippen LogP contribution < -0.4 is 0 Å². The maximum atomic E-state index is 13.0. The van der Waals surface area contributed by atoms with Crippen LogP contribution in [0.4, 0.5) is 0 Å². The number of tetrazole rings is 1. The van der Waals surface area contributed by atoms with Crippen LogP contribution in [-0.2, 0) is 4.74 Å². The van der Waals surface area contributed by atoms with E-state index in [0.717, 1.165) is 16.8 Å². The predicted octanol–water partition coefficient (Wildman–Crippen LogP) is 2.18. The van der Waals surface area contributed by atoms with Crippen LogP contribution in [-0.4, -0.2) is 50.7 Å². The quantitative estimate of drug-likeness (QED) is 0.725. The van der Waals surface area contributed by atoms with Crippen LogP contribution >= 0.6 is 0 Å². The van der Waals surface area contributed by atoms with Gasteiger partial charge < -0.3 is 9.64 Å². The third-order valence-corrected chi connectivity index (χ3v) is 4.58. The molecule has 4 rings (SSSR count). The Bertz CT molecular complexity index is 896. The number of aromatic nitrogens is 4. The molecule has 2 aromatic carbocycles. The first-order valence-corrected chi connectivity index (χ1v) is 8.52. The third kappa shape index (κ3) is 3.21. The van der Waals surface area contributed by atoms with Crippen molar-refractivity contribution in [2.75, 3.05) is 19.7 Å². The number of benzene rings is 2. The molecule has 1 aliphatic heterocycles. The zero-order valence-electron chi connectivity index (χ0n) is 14.4. The second kappa shape index (κ2) is 7.05. The Labute approximate surface area is 151 Å². The summed E-state index contributed by atoms with van der Waals surface area (Å²) >= 11 is 0. The van der Waals surface area contributed by atoms with E-state index in [0.29, 0.717) is 25.3 Å². The Morgan fingerprint density at radius 1 is 1.19 bits per heavy atom. The van der Waals surface area contributed by atoms with E-state index < -0.39 is 0 Å². The molecule has 1 amide bonds. The molecule has 7 nitrogen and oxygen atoms in total. The normalized spacial score (nSPS) is 17.3. The molecule has 1 aromatic heterocycles. The molecular formula is C19H19N5O2. The van der Waals surface area contributed by atoms with E-state index in [1.54, 1.807) is 4.68 Å². The minimum atomic E-state index is -0.0988. The first-order valence-electron chi connectivity index (χ1n) is 8.52. The van der Waals surface area contributed by atoms with Gasteiger partial charge in [-0.1, -0.05) is 36.4 Å². The lowest BCUT2D eigenvalue weighted by molar-refractivity contribution is -0.0228. The van der Waals surface area contributed by atoms with Gasteiger partial charge in [-0.05, 0) is 40.6 Å². The maximum absolute atomic E-state index is 13.0. The van der Waals surface area contributed by atoms with Crippen LogP contribution in [0, 0.1) is 6.92 Å². The first kappa shape index (κ1) is 16.4. The Morgan fingerprint density at radius 2 is 2.04 bits per heavy atom. The molecule has 0 radical (unpaired) electrons. The van der Waals surface area contributed by atoms with Crippen LogP contribution in [0.3, 0.4) is 0 Å². The molecule has 0 saturated carbocycles. The van der Waals surface area contributed by atoms with Crippen molar-refractivity contribution in [1.29, 1.82) is 0 Å². The van der Waals surface area contributed by atoms with Gasteiger partial charge in [0.05, 0.1) is 18.8 Å². The molecule has 1 atom stereocenters. The summed E-state index contributed by atoms with van der Waals surface area (Å²) in [5, 5.41) is 11.3. The van der Waals surface area contributed by atoms with Gasteiger partial charge in [0.25, 0.3) is 5.91 Å². The number of carbonyl (C=O) groups excluding carboxylic acids is 1. The summed E-state index contributed by atoms with van der Waals surface area (Å²) in [7, 11) is 0. The summed E-state index contributed by atoms with van der Waals surface area (Å²) in [6.45, 7) is 3.61. The summed E-state index contributed by atoms with van der Waals surface area (Å²) in [6, 6.07) is 15.6. The molecule has 0 bridgehead atoms. The second-order valence-electron chi connectivity index (χ2n) is 6.28. The number of ether oxygens (including phenoxy) is 1. The Balaban J connectivity index is 1.57. The highest BCUT2D eigenvalue weighted by atomic mass is 16.5. The van der Waals surface area contributed by atoms with E-state index in [4.69, 9.17) is 4.74 Å². The number of nitrogens with zero attached hydrogens (tertiary/aromatic N) is 5. The average Bonchev–Trinajstić information content (AvgIpc) is 3.23.